The van der Waals surface area contributed by atoms with Crippen LogP contribution in [0.5, 0.6) is 0 Å². The zero-order valence-electron chi connectivity index (χ0n) is 12.3. The molecule has 1 fully saturated rings. The van der Waals surface area contributed by atoms with Gasteiger partial charge in [0.25, 0.3) is 0 Å². The summed E-state index contributed by atoms with van der Waals surface area (Å²) in [6.45, 7) is 3.37. The number of rotatable bonds is 7. The summed E-state index contributed by atoms with van der Waals surface area (Å²) in [5, 5.41) is 5.83. The van der Waals surface area contributed by atoms with Gasteiger partial charge >= 0.3 is 0 Å². The van der Waals surface area contributed by atoms with E-state index in [4.69, 9.17) is 4.98 Å². The van der Waals surface area contributed by atoms with Crippen LogP contribution in [0.4, 0.5) is 0 Å². The van der Waals surface area contributed by atoms with E-state index < -0.39 is 0 Å². The van der Waals surface area contributed by atoms with Crippen LogP contribution in [0.3, 0.4) is 0 Å². The number of thiazole rings is 1. The maximum absolute atomic E-state index is 4.74. The molecule has 0 radical (unpaired) electrons. The highest BCUT2D eigenvalue weighted by molar-refractivity contribution is 7.15. The lowest BCUT2D eigenvalue weighted by molar-refractivity contribution is 0.383. The molecule has 4 heteroatoms. The molecule has 0 aromatic carbocycles. The van der Waals surface area contributed by atoms with Crippen LogP contribution in [0.1, 0.15) is 51.1 Å². The normalized spacial score (nSPS) is 18.1. The summed E-state index contributed by atoms with van der Waals surface area (Å²) >= 11 is 1.72. The largest absolute Gasteiger partial charge is 0.314 e. The fraction of sp³-hybridized carbons (Fsp3) is 0.688. The molecule has 0 spiro atoms. The van der Waals surface area contributed by atoms with Crippen molar-refractivity contribution in [1.82, 2.24) is 14.7 Å². The van der Waals surface area contributed by atoms with Gasteiger partial charge in [0.15, 0.2) is 4.96 Å². The van der Waals surface area contributed by atoms with Crippen molar-refractivity contribution < 1.29 is 0 Å². The zero-order valence-corrected chi connectivity index (χ0v) is 13.2. The Balaban J connectivity index is 1.63. The van der Waals surface area contributed by atoms with Gasteiger partial charge in [-0.3, -0.25) is 4.40 Å². The smallest absolute Gasteiger partial charge is 0.193 e. The second kappa shape index (κ2) is 6.72. The number of aromatic nitrogens is 2. The summed E-state index contributed by atoms with van der Waals surface area (Å²) in [6, 6.07) is 0.600. The van der Waals surface area contributed by atoms with Crippen molar-refractivity contribution in [3.8, 4) is 0 Å². The lowest BCUT2D eigenvalue weighted by Crippen LogP contribution is -2.33. The SMILES string of the molecule is CCCNC(Cc1cn2ccsc2n1)CC1CCCC1. The minimum absolute atomic E-state index is 0.600. The highest BCUT2D eigenvalue weighted by Gasteiger charge is 2.20. The van der Waals surface area contributed by atoms with Crippen molar-refractivity contribution in [2.45, 2.75) is 57.9 Å². The maximum Gasteiger partial charge on any atom is 0.193 e. The van der Waals surface area contributed by atoms with Crippen LogP contribution in [-0.4, -0.2) is 22.0 Å². The van der Waals surface area contributed by atoms with Crippen molar-refractivity contribution >= 4 is 16.3 Å². The first-order valence-electron chi connectivity index (χ1n) is 7.99. The van der Waals surface area contributed by atoms with Crippen LogP contribution in [-0.2, 0) is 6.42 Å². The quantitative estimate of drug-likeness (QED) is 0.838. The summed E-state index contributed by atoms with van der Waals surface area (Å²) < 4.78 is 2.15. The van der Waals surface area contributed by atoms with Crippen LogP contribution in [0.25, 0.3) is 4.96 Å². The molecule has 1 unspecified atom stereocenters. The Morgan fingerprint density at radius 2 is 2.30 bits per heavy atom. The molecular weight excluding hydrogens is 266 g/mol. The molecule has 1 atom stereocenters. The van der Waals surface area contributed by atoms with Gasteiger partial charge in [0.1, 0.15) is 0 Å². The molecule has 3 nitrogen and oxygen atoms in total. The second-order valence-electron chi connectivity index (χ2n) is 6.07. The Kier molecular flexibility index (Phi) is 4.73. The van der Waals surface area contributed by atoms with E-state index in [1.807, 2.05) is 0 Å². The van der Waals surface area contributed by atoms with Gasteiger partial charge in [0.2, 0.25) is 0 Å². The summed E-state index contributed by atoms with van der Waals surface area (Å²) in [5.74, 6) is 0.938. The van der Waals surface area contributed by atoms with E-state index >= 15 is 0 Å². The molecule has 0 amide bonds. The van der Waals surface area contributed by atoms with Crippen molar-refractivity contribution in [3.63, 3.8) is 0 Å². The van der Waals surface area contributed by atoms with Crippen LogP contribution in [0, 0.1) is 5.92 Å². The van der Waals surface area contributed by atoms with Gasteiger partial charge < -0.3 is 5.32 Å². The first-order chi connectivity index (χ1) is 9.85. The van der Waals surface area contributed by atoms with E-state index in [0.717, 1.165) is 23.8 Å². The van der Waals surface area contributed by atoms with Crippen molar-refractivity contribution in [2.75, 3.05) is 6.54 Å². The van der Waals surface area contributed by atoms with Gasteiger partial charge in [0, 0.05) is 30.2 Å². The molecule has 2 heterocycles. The number of fused-ring (bicyclic) bond motifs is 1. The van der Waals surface area contributed by atoms with Gasteiger partial charge in [-0.2, -0.15) is 0 Å². The molecular formula is C16H25N3S. The number of nitrogens with zero attached hydrogens (tertiary/aromatic N) is 2. The third-order valence-corrected chi connectivity index (χ3v) is 5.15. The monoisotopic (exact) mass is 291 g/mol. The molecule has 0 saturated heterocycles. The van der Waals surface area contributed by atoms with Gasteiger partial charge in [-0.1, -0.05) is 32.6 Å². The highest BCUT2D eigenvalue weighted by Crippen LogP contribution is 2.29. The molecule has 0 aliphatic heterocycles. The van der Waals surface area contributed by atoms with Crippen LogP contribution < -0.4 is 5.32 Å². The highest BCUT2D eigenvalue weighted by atomic mass is 32.1. The number of hydrogen-bond donors (Lipinski definition) is 1. The molecule has 2 aromatic heterocycles. The van der Waals surface area contributed by atoms with E-state index in [-0.39, 0.29) is 0 Å². The molecule has 110 valence electrons. The standard InChI is InChI=1S/C16H25N3S/c1-2-7-17-14(10-13-5-3-4-6-13)11-15-12-19-8-9-20-16(19)18-15/h8-9,12-14,17H,2-7,10-11H2,1H3. The fourth-order valence-corrected chi connectivity index (χ4v) is 4.08. The molecule has 3 rings (SSSR count). The maximum atomic E-state index is 4.74. The summed E-state index contributed by atoms with van der Waals surface area (Å²) in [6.07, 6.45) is 13.6. The average Bonchev–Trinajstić information content (AvgIpc) is 3.12. The topological polar surface area (TPSA) is 29.3 Å². The lowest BCUT2D eigenvalue weighted by atomic mass is 9.95. The second-order valence-corrected chi connectivity index (χ2v) is 6.94. The minimum Gasteiger partial charge on any atom is -0.314 e. The molecule has 1 saturated carbocycles. The minimum atomic E-state index is 0.600. The lowest BCUT2D eigenvalue weighted by Gasteiger charge is -2.21. The van der Waals surface area contributed by atoms with Gasteiger partial charge in [-0.15, -0.1) is 11.3 Å². The molecule has 1 N–H and O–H groups in total. The number of nitrogens with one attached hydrogen (secondary N) is 1. The number of hydrogen-bond acceptors (Lipinski definition) is 3. The third kappa shape index (κ3) is 3.41. The van der Waals surface area contributed by atoms with Gasteiger partial charge in [0.05, 0.1) is 5.69 Å². The van der Waals surface area contributed by atoms with E-state index in [0.29, 0.717) is 6.04 Å². The summed E-state index contributed by atoms with van der Waals surface area (Å²) in [5.41, 5.74) is 1.24. The van der Waals surface area contributed by atoms with E-state index in [2.05, 4.69) is 34.4 Å². The van der Waals surface area contributed by atoms with Crippen molar-refractivity contribution in [2.24, 2.45) is 5.92 Å². The summed E-state index contributed by atoms with van der Waals surface area (Å²) in [4.78, 5) is 5.86. The van der Waals surface area contributed by atoms with Crippen molar-refractivity contribution in [1.29, 1.82) is 0 Å². The van der Waals surface area contributed by atoms with Gasteiger partial charge in [-0.25, -0.2) is 4.98 Å². The Morgan fingerprint density at radius 3 is 3.05 bits per heavy atom. The van der Waals surface area contributed by atoms with Crippen molar-refractivity contribution in [3.05, 3.63) is 23.5 Å². The molecule has 1 aliphatic rings. The van der Waals surface area contributed by atoms with E-state index in [1.165, 1.54) is 44.2 Å². The zero-order chi connectivity index (χ0) is 13.8. The van der Waals surface area contributed by atoms with Crippen LogP contribution in [0.15, 0.2) is 17.8 Å². The van der Waals surface area contributed by atoms with Crippen LogP contribution >= 0.6 is 11.3 Å². The first kappa shape index (κ1) is 14.1. The average molecular weight is 291 g/mol. The molecule has 20 heavy (non-hydrogen) atoms. The molecule has 0 bridgehead atoms. The number of imidazole rings is 1. The predicted molar refractivity (Wildman–Crippen MR) is 85.4 cm³/mol. The Bertz CT molecular complexity index is 496. The van der Waals surface area contributed by atoms with Gasteiger partial charge in [-0.05, 0) is 25.3 Å². The Morgan fingerprint density at radius 1 is 1.45 bits per heavy atom. The van der Waals surface area contributed by atoms with E-state index in [1.54, 1.807) is 11.3 Å². The van der Waals surface area contributed by atoms with Crippen LogP contribution in [0.2, 0.25) is 0 Å². The fourth-order valence-electron chi connectivity index (χ4n) is 3.36. The third-order valence-electron chi connectivity index (χ3n) is 4.37. The first-order valence-corrected chi connectivity index (χ1v) is 8.87. The van der Waals surface area contributed by atoms with E-state index in [9.17, 15) is 0 Å². The molecule has 1 aliphatic carbocycles. The predicted octanol–water partition coefficient (Wildman–Crippen LogP) is 3.89. The summed E-state index contributed by atoms with van der Waals surface area (Å²) in [7, 11) is 0. The Labute approximate surface area is 125 Å². The molecule has 2 aromatic rings. The Hall–Kier alpha value is -0.870.